The average Bonchev–Trinajstić information content (AvgIpc) is 3.44. The predicted molar refractivity (Wildman–Crippen MR) is 111 cm³/mol. The number of hydrogen-bond acceptors (Lipinski definition) is 6. The van der Waals surface area contributed by atoms with E-state index >= 15 is 0 Å². The monoisotopic (exact) mass is 406 g/mol. The van der Waals surface area contributed by atoms with Gasteiger partial charge in [0.1, 0.15) is 0 Å². The fraction of sp³-hybridized carbons (Fsp3) is 0.273. The van der Waals surface area contributed by atoms with Crippen LogP contribution < -0.4 is 19.5 Å². The molecular weight excluding hydrogens is 384 g/mol. The molecule has 0 radical (unpaired) electrons. The highest BCUT2D eigenvalue weighted by Gasteiger charge is 2.33. The number of benzene rings is 2. The van der Waals surface area contributed by atoms with Gasteiger partial charge in [0.15, 0.2) is 11.5 Å². The van der Waals surface area contributed by atoms with Gasteiger partial charge >= 0.3 is 0 Å². The first-order valence-corrected chi connectivity index (χ1v) is 9.77. The lowest BCUT2D eigenvalue weighted by atomic mass is 9.95. The summed E-state index contributed by atoms with van der Waals surface area (Å²) < 4.78 is 18.7. The molecule has 8 heteroatoms. The van der Waals surface area contributed by atoms with E-state index in [4.69, 9.17) is 14.2 Å². The first kappa shape index (κ1) is 18.5. The average molecular weight is 406 g/mol. The Balaban J connectivity index is 1.51. The van der Waals surface area contributed by atoms with E-state index in [1.165, 1.54) is 0 Å². The highest BCUT2D eigenvalue weighted by atomic mass is 16.7. The van der Waals surface area contributed by atoms with Crippen LogP contribution in [-0.2, 0) is 13.0 Å². The van der Waals surface area contributed by atoms with Crippen LogP contribution in [0.25, 0.3) is 5.69 Å². The molecule has 0 fully saturated rings. The number of methoxy groups -OCH3 is 1. The Morgan fingerprint density at radius 1 is 1.17 bits per heavy atom. The molecule has 1 N–H and O–H groups in total. The van der Waals surface area contributed by atoms with E-state index in [0.717, 1.165) is 29.8 Å². The number of carbonyl (C=O) groups is 1. The van der Waals surface area contributed by atoms with Crippen LogP contribution in [0.4, 0.5) is 5.69 Å². The van der Waals surface area contributed by atoms with E-state index in [1.807, 2.05) is 30.3 Å². The van der Waals surface area contributed by atoms with Crippen molar-refractivity contribution in [3.8, 4) is 22.9 Å². The minimum absolute atomic E-state index is 0.0965. The molecule has 0 aliphatic carbocycles. The lowest BCUT2D eigenvalue weighted by molar-refractivity contribution is 0.102. The summed E-state index contributed by atoms with van der Waals surface area (Å²) in [6.07, 6.45) is 4.05. The number of likely N-dealkylation sites (N-methyl/N-ethyl adjacent to an activating group) is 1. The fourth-order valence-electron chi connectivity index (χ4n) is 3.99. The molecule has 0 saturated carbocycles. The molecule has 2 aromatic carbocycles. The summed E-state index contributed by atoms with van der Waals surface area (Å²) in [4.78, 5) is 15.3. The SMILES string of the molecule is COc1c2c(c(NC(=O)c3cnn(-c4ccccc4)c3)c3c1OCO3)CCN(C)C2. The molecule has 154 valence electrons. The summed E-state index contributed by atoms with van der Waals surface area (Å²) in [6.45, 7) is 1.69. The third-order valence-electron chi connectivity index (χ3n) is 5.47. The first-order chi connectivity index (χ1) is 14.7. The zero-order valence-electron chi connectivity index (χ0n) is 16.8. The zero-order valence-corrected chi connectivity index (χ0v) is 16.8. The number of hydrogen-bond donors (Lipinski definition) is 1. The molecule has 8 nitrogen and oxygen atoms in total. The molecule has 0 spiro atoms. The minimum atomic E-state index is -0.249. The van der Waals surface area contributed by atoms with Crippen molar-refractivity contribution < 1.29 is 19.0 Å². The van der Waals surface area contributed by atoms with Crippen molar-refractivity contribution in [3.05, 3.63) is 59.4 Å². The number of para-hydroxylation sites is 1. The number of nitrogens with zero attached hydrogens (tertiary/aromatic N) is 3. The van der Waals surface area contributed by atoms with Crippen LogP contribution in [-0.4, -0.2) is 48.1 Å². The zero-order chi connectivity index (χ0) is 20.7. The molecule has 1 aromatic heterocycles. The van der Waals surface area contributed by atoms with Gasteiger partial charge in [0.2, 0.25) is 12.5 Å². The molecule has 0 atom stereocenters. The molecular formula is C22H22N4O4. The van der Waals surface area contributed by atoms with Crippen molar-refractivity contribution >= 4 is 11.6 Å². The summed E-state index contributed by atoms with van der Waals surface area (Å²) in [5.74, 6) is 1.50. The van der Waals surface area contributed by atoms with Gasteiger partial charge in [-0.25, -0.2) is 4.68 Å². The van der Waals surface area contributed by atoms with Gasteiger partial charge in [0.05, 0.1) is 30.2 Å². The molecule has 0 saturated heterocycles. The topological polar surface area (TPSA) is 77.8 Å². The van der Waals surface area contributed by atoms with Crippen molar-refractivity contribution in [1.29, 1.82) is 0 Å². The van der Waals surface area contributed by atoms with Crippen LogP contribution in [0.15, 0.2) is 42.7 Å². The maximum atomic E-state index is 13.1. The molecule has 2 aliphatic heterocycles. The maximum Gasteiger partial charge on any atom is 0.258 e. The Labute approximate surface area is 174 Å². The molecule has 1 amide bonds. The minimum Gasteiger partial charge on any atom is -0.492 e. The quantitative estimate of drug-likeness (QED) is 0.718. The number of fused-ring (bicyclic) bond motifs is 2. The summed E-state index contributed by atoms with van der Waals surface area (Å²) in [5, 5.41) is 7.37. The van der Waals surface area contributed by atoms with E-state index < -0.39 is 0 Å². The third kappa shape index (κ3) is 3.05. The number of ether oxygens (including phenoxy) is 3. The first-order valence-electron chi connectivity index (χ1n) is 9.77. The van der Waals surface area contributed by atoms with Crippen molar-refractivity contribution in [1.82, 2.24) is 14.7 Å². The number of rotatable bonds is 4. The van der Waals surface area contributed by atoms with Crippen molar-refractivity contribution in [2.24, 2.45) is 0 Å². The second kappa shape index (κ2) is 7.38. The number of nitrogens with one attached hydrogen (secondary N) is 1. The summed E-state index contributed by atoms with van der Waals surface area (Å²) >= 11 is 0. The number of carbonyl (C=O) groups excluding carboxylic acids is 1. The van der Waals surface area contributed by atoms with Crippen molar-refractivity contribution in [2.75, 3.05) is 32.8 Å². The molecule has 0 bridgehead atoms. The van der Waals surface area contributed by atoms with Crippen molar-refractivity contribution in [2.45, 2.75) is 13.0 Å². The molecule has 3 aromatic rings. The number of aromatic nitrogens is 2. The predicted octanol–water partition coefficient (Wildman–Crippen LogP) is 2.85. The van der Waals surface area contributed by atoms with E-state index in [2.05, 4.69) is 22.4 Å². The lowest BCUT2D eigenvalue weighted by Gasteiger charge is -2.29. The third-order valence-corrected chi connectivity index (χ3v) is 5.47. The normalized spacial score (nSPS) is 15.0. The fourth-order valence-corrected chi connectivity index (χ4v) is 3.99. The molecule has 3 heterocycles. The number of amides is 1. The second-order valence-electron chi connectivity index (χ2n) is 7.38. The molecule has 5 rings (SSSR count). The molecule has 30 heavy (non-hydrogen) atoms. The highest BCUT2D eigenvalue weighted by molar-refractivity contribution is 6.06. The van der Waals surface area contributed by atoms with Gasteiger partial charge < -0.3 is 24.4 Å². The van der Waals surface area contributed by atoms with Crippen LogP contribution in [0.3, 0.4) is 0 Å². The smallest absolute Gasteiger partial charge is 0.258 e. The van der Waals surface area contributed by atoms with Gasteiger partial charge in [-0.15, -0.1) is 0 Å². The van der Waals surface area contributed by atoms with Gasteiger partial charge in [-0.05, 0) is 31.2 Å². The standard InChI is InChI=1S/C22H22N4O4/c1-25-9-8-16-17(12-25)19(28-2)21-20(29-13-30-21)18(16)24-22(27)14-10-23-26(11-14)15-6-4-3-5-7-15/h3-7,10-11H,8-9,12-13H2,1-2H3,(H,24,27). The lowest BCUT2D eigenvalue weighted by Crippen LogP contribution is -2.28. The summed E-state index contributed by atoms with van der Waals surface area (Å²) in [6, 6.07) is 9.66. The largest absolute Gasteiger partial charge is 0.492 e. The van der Waals surface area contributed by atoms with E-state index in [0.29, 0.717) is 35.0 Å². The maximum absolute atomic E-state index is 13.1. The Morgan fingerprint density at radius 3 is 2.77 bits per heavy atom. The Bertz CT molecular complexity index is 1110. The highest BCUT2D eigenvalue weighted by Crippen LogP contribution is 2.52. The van der Waals surface area contributed by atoms with Gasteiger partial charge in [-0.2, -0.15) is 5.10 Å². The van der Waals surface area contributed by atoms with Crippen LogP contribution >= 0.6 is 0 Å². The van der Waals surface area contributed by atoms with Crippen LogP contribution in [0.5, 0.6) is 17.2 Å². The number of anilines is 1. The van der Waals surface area contributed by atoms with Gasteiger partial charge in [-0.1, -0.05) is 18.2 Å². The van der Waals surface area contributed by atoms with Crippen LogP contribution in [0.1, 0.15) is 21.5 Å². The molecule has 2 aliphatic rings. The Morgan fingerprint density at radius 2 is 1.97 bits per heavy atom. The second-order valence-corrected chi connectivity index (χ2v) is 7.38. The van der Waals surface area contributed by atoms with E-state index in [-0.39, 0.29) is 12.7 Å². The van der Waals surface area contributed by atoms with Crippen molar-refractivity contribution in [3.63, 3.8) is 0 Å². The van der Waals surface area contributed by atoms with Gasteiger partial charge in [-0.3, -0.25) is 4.79 Å². The van der Waals surface area contributed by atoms with Gasteiger partial charge in [0.25, 0.3) is 5.91 Å². The Hall–Kier alpha value is -3.52. The molecule has 0 unspecified atom stereocenters. The van der Waals surface area contributed by atoms with Crippen LogP contribution in [0, 0.1) is 0 Å². The van der Waals surface area contributed by atoms with E-state index in [1.54, 1.807) is 24.2 Å². The van der Waals surface area contributed by atoms with E-state index in [9.17, 15) is 4.79 Å². The summed E-state index contributed by atoms with van der Waals surface area (Å²) in [7, 11) is 3.69. The van der Waals surface area contributed by atoms with Crippen LogP contribution in [0.2, 0.25) is 0 Å². The summed E-state index contributed by atoms with van der Waals surface area (Å²) in [5.41, 5.74) is 4.05. The van der Waals surface area contributed by atoms with Gasteiger partial charge in [0, 0.05) is 24.8 Å². The Kier molecular flexibility index (Phi) is 4.55.